The van der Waals surface area contributed by atoms with E-state index >= 15 is 0 Å². The van der Waals surface area contributed by atoms with Gasteiger partial charge in [-0.05, 0) is 24.6 Å². The van der Waals surface area contributed by atoms with Crippen LogP contribution < -0.4 is 0 Å². The van der Waals surface area contributed by atoms with Crippen LogP contribution in [0.4, 0.5) is 5.69 Å². The first-order chi connectivity index (χ1) is 11.7. The molecule has 0 spiro atoms. The number of para-hydroxylation sites is 2. The van der Waals surface area contributed by atoms with E-state index in [1.807, 2.05) is 55.6 Å². The summed E-state index contributed by atoms with van der Waals surface area (Å²) in [6.07, 6.45) is 1.81. The zero-order chi connectivity index (χ0) is 16.5. The van der Waals surface area contributed by atoms with Crippen molar-refractivity contribution in [1.82, 2.24) is 4.98 Å². The maximum Gasteiger partial charge on any atom is 0.178 e. The zero-order valence-electron chi connectivity index (χ0n) is 13.2. The predicted octanol–water partition coefficient (Wildman–Crippen LogP) is 5.41. The lowest BCUT2D eigenvalue weighted by molar-refractivity contribution is 0.0996. The molecule has 0 fully saturated rings. The van der Waals surface area contributed by atoms with Gasteiger partial charge in [-0.2, -0.15) is 0 Å². The molecule has 1 aliphatic rings. The fourth-order valence-corrected chi connectivity index (χ4v) is 5.03. The molecule has 1 N–H and O–H groups in total. The summed E-state index contributed by atoms with van der Waals surface area (Å²) in [4.78, 5) is 20.7. The Balaban J connectivity index is 1.55. The summed E-state index contributed by atoms with van der Waals surface area (Å²) >= 11 is 3.25. The molecule has 0 radical (unpaired) electrons. The van der Waals surface area contributed by atoms with Crippen LogP contribution in [0.5, 0.6) is 0 Å². The lowest BCUT2D eigenvalue weighted by Gasteiger charge is -2.16. The molecule has 3 nitrogen and oxygen atoms in total. The number of aliphatic imine (C=N–C) groups is 1. The number of aromatic nitrogens is 1. The number of benzene rings is 2. The second-order valence-electron chi connectivity index (χ2n) is 5.67. The first-order valence-electron chi connectivity index (χ1n) is 7.79. The van der Waals surface area contributed by atoms with Crippen molar-refractivity contribution in [2.24, 2.45) is 4.99 Å². The first kappa shape index (κ1) is 15.5. The van der Waals surface area contributed by atoms with Crippen LogP contribution >= 0.6 is 23.5 Å². The standard InChI is InChI=1S/C19H16N2OS2/c1-12(18(22)15-10-20-17-9-5-3-7-14(15)17)24-19-21-16-8-4-2-6-13(16)11-23-19/h2-10,12,20H,11H2,1H3. The summed E-state index contributed by atoms with van der Waals surface area (Å²) in [6, 6.07) is 16.1. The van der Waals surface area contributed by atoms with E-state index in [2.05, 4.69) is 11.1 Å². The van der Waals surface area contributed by atoms with Crippen molar-refractivity contribution < 1.29 is 4.79 Å². The Bertz CT molecular complexity index is 945. The maximum absolute atomic E-state index is 12.8. The van der Waals surface area contributed by atoms with Gasteiger partial charge in [0, 0.05) is 28.4 Å². The number of nitrogens with one attached hydrogen (secondary N) is 1. The summed E-state index contributed by atoms with van der Waals surface area (Å²) in [5, 5.41) is 0.819. The molecule has 0 aliphatic carbocycles. The Morgan fingerprint density at radius 1 is 1.21 bits per heavy atom. The number of aromatic amines is 1. The van der Waals surface area contributed by atoms with Gasteiger partial charge in [-0.1, -0.05) is 59.9 Å². The predicted molar refractivity (Wildman–Crippen MR) is 105 cm³/mol. The molecule has 0 amide bonds. The number of ketones is 1. The Morgan fingerprint density at radius 3 is 2.92 bits per heavy atom. The summed E-state index contributed by atoms with van der Waals surface area (Å²) < 4.78 is 0.967. The number of fused-ring (bicyclic) bond motifs is 2. The molecule has 2 aromatic carbocycles. The minimum absolute atomic E-state index is 0.139. The van der Waals surface area contributed by atoms with Gasteiger partial charge in [0.25, 0.3) is 0 Å². The smallest absolute Gasteiger partial charge is 0.178 e. The molecule has 2 heterocycles. The number of carbonyl (C=O) groups is 1. The second-order valence-corrected chi connectivity index (χ2v) is 8.22. The van der Waals surface area contributed by atoms with E-state index < -0.39 is 0 Å². The number of rotatable bonds is 3. The molecule has 1 aromatic heterocycles. The number of thioether (sulfide) groups is 2. The molecule has 0 saturated carbocycles. The average molecular weight is 352 g/mol. The molecular formula is C19H16N2OS2. The van der Waals surface area contributed by atoms with Crippen molar-refractivity contribution in [3.63, 3.8) is 0 Å². The van der Waals surface area contributed by atoms with E-state index in [9.17, 15) is 4.79 Å². The maximum atomic E-state index is 12.8. The molecule has 1 atom stereocenters. The molecule has 4 rings (SSSR count). The minimum atomic E-state index is -0.166. The van der Waals surface area contributed by atoms with Crippen molar-refractivity contribution >= 4 is 50.3 Å². The largest absolute Gasteiger partial charge is 0.360 e. The highest BCUT2D eigenvalue weighted by atomic mass is 32.2. The van der Waals surface area contributed by atoms with Crippen LogP contribution in [-0.4, -0.2) is 20.4 Å². The van der Waals surface area contributed by atoms with Crippen LogP contribution in [0.25, 0.3) is 10.9 Å². The van der Waals surface area contributed by atoms with Gasteiger partial charge in [-0.15, -0.1) is 0 Å². The van der Waals surface area contributed by atoms with Crippen LogP contribution in [0.15, 0.2) is 59.7 Å². The Labute approximate surface area is 149 Å². The molecular weight excluding hydrogens is 336 g/mol. The average Bonchev–Trinajstić information content (AvgIpc) is 3.05. The highest BCUT2D eigenvalue weighted by Crippen LogP contribution is 2.36. The van der Waals surface area contributed by atoms with Crippen LogP contribution in [0.3, 0.4) is 0 Å². The Kier molecular flexibility index (Phi) is 4.21. The van der Waals surface area contributed by atoms with Gasteiger partial charge in [0.15, 0.2) is 5.78 Å². The molecule has 3 aromatic rings. The topological polar surface area (TPSA) is 45.2 Å². The van der Waals surface area contributed by atoms with Crippen molar-refractivity contribution in [2.75, 3.05) is 0 Å². The van der Waals surface area contributed by atoms with Crippen molar-refractivity contribution in [3.05, 3.63) is 65.9 Å². The molecule has 24 heavy (non-hydrogen) atoms. The third kappa shape index (κ3) is 2.89. The van der Waals surface area contributed by atoms with E-state index in [1.165, 1.54) is 5.56 Å². The quantitative estimate of drug-likeness (QED) is 0.641. The number of nitrogens with zero attached hydrogens (tertiary/aromatic N) is 1. The molecule has 1 unspecified atom stereocenters. The van der Waals surface area contributed by atoms with Crippen molar-refractivity contribution in [3.8, 4) is 0 Å². The molecule has 120 valence electrons. The zero-order valence-corrected chi connectivity index (χ0v) is 14.8. The summed E-state index contributed by atoms with van der Waals surface area (Å²) in [5.41, 5.74) is 4.02. The Morgan fingerprint density at radius 2 is 2.00 bits per heavy atom. The number of hydrogen-bond donors (Lipinski definition) is 1. The number of carbonyl (C=O) groups excluding carboxylic acids is 1. The monoisotopic (exact) mass is 352 g/mol. The molecule has 5 heteroatoms. The second kappa shape index (κ2) is 6.49. The Hall–Kier alpha value is -1.98. The third-order valence-electron chi connectivity index (χ3n) is 4.06. The summed E-state index contributed by atoms with van der Waals surface area (Å²) in [6.45, 7) is 1.96. The molecule has 0 bridgehead atoms. The van der Waals surface area contributed by atoms with Gasteiger partial charge in [0.1, 0.15) is 4.38 Å². The van der Waals surface area contributed by atoms with E-state index in [0.29, 0.717) is 0 Å². The minimum Gasteiger partial charge on any atom is -0.360 e. The van der Waals surface area contributed by atoms with Gasteiger partial charge < -0.3 is 4.98 Å². The van der Waals surface area contributed by atoms with Crippen molar-refractivity contribution in [2.45, 2.75) is 17.9 Å². The molecule has 1 aliphatic heterocycles. The third-order valence-corrected chi connectivity index (χ3v) is 6.35. The number of hydrogen-bond acceptors (Lipinski definition) is 4. The van der Waals surface area contributed by atoms with Gasteiger partial charge in [-0.25, -0.2) is 4.99 Å². The fraction of sp³-hybridized carbons (Fsp3) is 0.158. The summed E-state index contributed by atoms with van der Waals surface area (Å²) in [5.74, 6) is 1.05. The van der Waals surface area contributed by atoms with E-state index in [4.69, 9.17) is 4.99 Å². The van der Waals surface area contributed by atoms with E-state index in [0.717, 1.165) is 32.3 Å². The molecule has 0 saturated heterocycles. The van der Waals surface area contributed by atoms with E-state index in [-0.39, 0.29) is 11.0 Å². The normalized spacial score (nSPS) is 15.0. The fourth-order valence-electron chi connectivity index (χ4n) is 2.77. The highest BCUT2D eigenvalue weighted by Gasteiger charge is 2.23. The van der Waals surface area contributed by atoms with Gasteiger partial charge in [0.05, 0.1) is 10.9 Å². The van der Waals surface area contributed by atoms with Crippen LogP contribution in [0.1, 0.15) is 22.8 Å². The lowest BCUT2D eigenvalue weighted by Crippen LogP contribution is -2.15. The van der Waals surface area contributed by atoms with Crippen LogP contribution in [-0.2, 0) is 5.75 Å². The summed E-state index contributed by atoms with van der Waals surface area (Å²) in [7, 11) is 0. The van der Waals surface area contributed by atoms with E-state index in [1.54, 1.807) is 23.5 Å². The lowest BCUT2D eigenvalue weighted by atomic mass is 10.1. The van der Waals surface area contributed by atoms with Crippen molar-refractivity contribution in [1.29, 1.82) is 0 Å². The highest BCUT2D eigenvalue weighted by molar-refractivity contribution is 8.39. The number of H-pyrrole nitrogens is 1. The van der Waals surface area contributed by atoms with Gasteiger partial charge in [-0.3, -0.25) is 4.79 Å². The van der Waals surface area contributed by atoms with Gasteiger partial charge in [0.2, 0.25) is 0 Å². The van der Waals surface area contributed by atoms with Crippen LogP contribution in [0, 0.1) is 0 Å². The van der Waals surface area contributed by atoms with Gasteiger partial charge >= 0.3 is 0 Å². The van der Waals surface area contributed by atoms with Crippen LogP contribution in [0.2, 0.25) is 0 Å². The number of Topliss-reactive ketones (excluding diaryl/α,β-unsaturated/α-hetero) is 1. The SMILES string of the molecule is CC(SC1=Nc2ccccc2CS1)C(=O)c1c[nH]c2ccccc12. The first-order valence-corrected chi connectivity index (χ1v) is 9.65.